The Bertz CT molecular complexity index is 566. The summed E-state index contributed by atoms with van der Waals surface area (Å²) in [6, 6.07) is 10.4. The summed E-state index contributed by atoms with van der Waals surface area (Å²) in [5, 5.41) is 3.21. The molecule has 2 aromatic rings. The first kappa shape index (κ1) is 13.6. The van der Waals surface area contributed by atoms with Gasteiger partial charge in [-0.05, 0) is 56.6 Å². The fourth-order valence-electron chi connectivity index (χ4n) is 1.85. The number of rotatable bonds is 4. The highest BCUT2D eigenvalue weighted by Gasteiger charge is 2.07. The predicted molar refractivity (Wildman–Crippen MR) is 77.7 cm³/mol. The van der Waals surface area contributed by atoms with E-state index in [1.165, 1.54) is 5.56 Å². The van der Waals surface area contributed by atoms with Crippen molar-refractivity contribution in [2.75, 3.05) is 7.05 Å². The van der Waals surface area contributed by atoms with E-state index in [0.717, 1.165) is 16.9 Å². The highest BCUT2D eigenvalue weighted by Crippen LogP contribution is 2.26. The Morgan fingerprint density at radius 1 is 1.16 bits per heavy atom. The molecule has 0 saturated heterocycles. The third-order valence-electron chi connectivity index (χ3n) is 3.25. The lowest BCUT2D eigenvalue weighted by atomic mass is 10.1. The van der Waals surface area contributed by atoms with Gasteiger partial charge in [0.1, 0.15) is 5.75 Å². The first-order chi connectivity index (χ1) is 9.10. The van der Waals surface area contributed by atoms with Crippen LogP contribution in [-0.4, -0.2) is 12.0 Å². The number of hydrogen-bond acceptors (Lipinski definition) is 3. The summed E-state index contributed by atoms with van der Waals surface area (Å²) < 4.78 is 5.89. The molecule has 1 unspecified atom stereocenters. The van der Waals surface area contributed by atoms with Crippen molar-refractivity contribution in [2.45, 2.75) is 26.8 Å². The first-order valence-corrected chi connectivity index (χ1v) is 6.48. The Hall–Kier alpha value is -1.87. The minimum absolute atomic E-state index is 0.281. The fourth-order valence-corrected chi connectivity index (χ4v) is 1.85. The minimum atomic E-state index is 0.281. The largest absolute Gasteiger partial charge is 0.439 e. The molecule has 0 spiro atoms. The second-order valence-electron chi connectivity index (χ2n) is 4.81. The summed E-state index contributed by atoms with van der Waals surface area (Å²) in [7, 11) is 1.94. The Balaban J connectivity index is 2.26. The third kappa shape index (κ3) is 3.32. The third-order valence-corrected chi connectivity index (χ3v) is 3.25. The van der Waals surface area contributed by atoms with Crippen LogP contribution in [0.15, 0.2) is 36.5 Å². The molecule has 3 heteroatoms. The number of hydrogen-bond donors (Lipinski definition) is 1. The molecule has 1 N–H and O–H groups in total. The maximum absolute atomic E-state index is 5.89. The molecule has 2 rings (SSSR count). The first-order valence-electron chi connectivity index (χ1n) is 6.48. The van der Waals surface area contributed by atoms with Crippen molar-refractivity contribution >= 4 is 0 Å². The molecule has 0 aliphatic carbocycles. The van der Waals surface area contributed by atoms with Crippen LogP contribution in [0.3, 0.4) is 0 Å². The van der Waals surface area contributed by atoms with E-state index in [4.69, 9.17) is 4.74 Å². The summed E-state index contributed by atoms with van der Waals surface area (Å²) in [6.45, 7) is 6.20. The van der Waals surface area contributed by atoms with Crippen LogP contribution in [-0.2, 0) is 0 Å². The van der Waals surface area contributed by atoms with E-state index in [1.54, 1.807) is 6.20 Å². The lowest BCUT2D eigenvalue weighted by Crippen LogP contribution is -2.12. The van der Waals surface area contributed by atoms with Crippen LogP contribution in [0.2, 0.25) is 0 Å². The number of nitrogens with zero attached hydrogens (tertiary/aromatic N) is 1. The molecule has 100 valence electrons. The van der Waals surface area contributed by atoms with Crippen molar-refractivity contribution in [2.24, 2.45) is 0 Å². The van der Waals surface area contributed by atoms with E-state index in [1.807, 2.05) is 32.2 Å². The zero-order valence-electron chi connectivity index (χ0n) is 11.9. The van der Waals surface area contributed by atoms with Gasteiger partial charge in [-0.3, -0.25) is 0 Å². The van der Waals surface area contributed by atoms with Gasteiger partial charge in [0.15, 0.2) is 0 Å². The number of aryl methyl sites for hydroxylation is 2. The Kier molecular flexibility index (Phi) is 4.17. The molecule has 0 bridgehead atoms. The van der Waals surface area contributed by atoms with E-state index in [0.29, 0.717) is 5.88 Å². The van der Waals surface area contributed by atoms with Crippen LogP contribution in [0.1, 0.15) is 29.7 Å². The maximum atomic E-state index is 5.89. The van der Waals surface area contributed by atoms with Crippen molar-refractivity contribution in [1.29, 1.82) is 0 Å². The van der Waals surface area contributed by atoms with Gasteiger partial charge in [-0.2, -0.15) is 0 Å². The fraction of sp³-hybridized carbons (Fsp3) is 0.312. The SMILES string of the molecule is CNC(C)c1ccnc(Oc2cc(C)ccc2C)c1. The van der Waals surface area contributed by atoms with Gasteiger partial charge in [0.05, 0.1) is 0 Å². The van der Waals surface area contributed by atoms with Gasteiger partial charge in [0.25, 0.3) is 0 Å². The van der Waals surface area contributed by atoms with Crippen LogP contribution < -0.4 is 10.1 Å². The maximum Gasteiger partial charge on any atom is 0.219 e. The number of benzene rings is 1. The summed E-state index contributed by atoms with van der Waals surface area (Å²) >= 11 is 0. The van der Waals surface area contributed by atoms with Crippen molar-refractivity contribution in [3.63, 3.8) is 0 Å². The van der Waals surface area contributed by atoms with E-state index in [-0.39, 0.29) is 6.04 Å². The zero-order chi connectivity index (χ0) is 13.8. The number of ether oxygens (including phenoxy) is 1. The van der Waals surface area contributed by atoms with Gasteiger partial charge in [-0.25, -0.2) is 4.98 Å². The van der Waals surface area contributed by atoms with Gasteiger partial charge >= 0.3 is 0 Å². The lowest BCUT2D eigenvalue weighted by molar-refractivity contribution is 0.457. The summed E-state index contributed by atoms with van der Waals surface area (Å²) in [6.07, 6.45) is 1.78. The molecule has 0 saturated carbocycles. The quantitative estimate of drug-likeness (QED) is 0.904. The molecule has 0 aliphatic heterocycles. The van der Waals surface area contributed by atoms with Gasteiger partial charge < -0.3 is 10.1 Å². The molecular formula is C16H20N2O. The molecule has 1 heterocycles. The highest BCUT2D eigenvalue weighted by molar-refractivity contribution is 5.38. The second-order valence-corrected chi connectivity index (χ2v) is 4.81. The van der Waals surface area contributed by atoms with Gasteiger partial charge in [-0.1, -0.05) is 12.1 Å². The normalized spacial score (nSPS) is 12.2. The average molecular weight is 256 g/mol. The van der Waals surface area contributed by atoms with Crippen LogP contribution in [0.5, 0.6) is 11.6 Å². The standard InChI is InChI=1S/C16H20N2O/c1-11-5-6-12(2)15(9-11)19-16-10-14(7-8-18-16)13(3)17-4/h5-10,13,17H,1-4H3. The van der Waals surface area contributed by atoms with Crippen LogP contribution in [0, 0.1) is 13.8 Å². The summed E-state index contributed by atoms with van der Waals surface area (Å²) in [5.74, 6) is 1.50. The molecule has 0 radical (unpaired) electrons. The van der Waals surface area contributed by atoms with Crippen molar-refractivity contribution in [3.05, 3.63) is 53.2 Å². The number of aromatic nitrogens is 1. The molecule has 0 fully saturated rings. The molecule has 1 aromatic heterocycles. The number of pyridine rings is 1. The Labute approximate surface area is 114 Å². The topological polar surface area (TPSA) is 34.2 Å². The molecule has 1 atom stereocenters. The molecule has 19 heavy (non-hydrogen) atoms. The Morgan fingerprint density at radius 2 is 1.95 bits per heavy atom. The molecule has 1 aromatic carbocycles. The zero-order valence-corrected chi connectivity index (χ0v) is 11.9. The van der Waals surface area contributed by atoms with Crippen molar-refractivity contribution in [1.82, 2.24) is 10.3 Å². The van der Waals surface area contributed by atoms with Gasteiger partial charge in [0.2, 0.25) is 5.88 Å². The average Bonchev–Trinajstić information content (AvgIpc) is 2.42. The summed E-state index contributed by atoms with van der Waals surface area (Å²) in [4.78, 5) is 4.27. The molecule has 0 amide bonds. The van der Waals surface area contributed by atoms with Crippen LogP contribution in [0.4, 0.5) is 0 Å². The second kappa shape index (κ2) is 5.85. The van der Waals surface area contributed by atoms with Crippen LogP contribution >= 0.6 is 0 Å². The number of nitrogens with one attached hydrogen (secondary N) is 1. The van der Waals surface area contributed by atoms with Crippen LogP contribution in [0.25, 0.3) is 0 Å². The monoisotopic (exact) mass is 256 g/mol. The smallest absolute Gasteiger partial charge is 0.219 e. The Morgan fingerprint density at radius 3 is 2.68 bits per heavy atom. The highest BCUT2D eigenvalue weighted by atomic mass is 16.5. The molecule has 3 nitrogen and oxygen atoms in total. The van der Waals surface area contributed by atoms with E-state index < -0.39 is 0 Å². The predicted octanol–water partition coefficient (Wildman–Crippen LogP) is 3.77. The van der Waals surface area contributed by atoms with E-state index in [9.17, 15) is 0 Å². The lowest BCUT2D eigenvalue weighted by Gasteiger charge is -2.13. The van der Waals surface area contributed by atoms with E-state index in [2.05, 4.69) is 36.3 Å². The van der Waals surface area contributed by atoms with Gasteiger partial charge in [-0.15, -0.1) is 0 Å². The van der Waals surface area contributed by atoms with Gasteiger partial charge in [0, 0.05) is 18.3 Å². The van der Waals surface area contributed by atoms with Crippen molar-refractivity contribution in [3.8, 4) is 11.6 Å². The molecule has 0 aliphatic rings. The summed E-state index contributed by atoms with van der Waals surface area (Å²) in [5.41, 5.74) is 3.46. The molecular weight excluding hydrogens is 236 g/mol. The van der Waals surface area contributed by atoms with E-state index >= 15 is 0 Å². The van der Waals surface area contributed by atoms with Crippen molar-refractivity contribution < 1.29 is 4.74 Å². The minimum Gasteiger partial charge on any atom is -0.439 e.